The number of nitrogens with zero attached hydrogens (tertiary/aromatic N) is 1. The first-order valence-corrected chi connectivity index (χ1v) is 6.12. The van der Waals surface area contributed by atoms with Crippen LogP contribution in [0.25, 0.3) is 20.9 Å². The summed E-state index contributed by atoms with van der Waals surface area (Å²) < 4.78 is 0. The molecule has 0 aliphatic rings. The number of aromatic amines is 1. The van der Waals surface area contributed by atoms with Gasteiger partial charge in [-0.15, -0.1) is 22.7 Å². The Hall–Kier alpha value is -1.46. The highest BCUT2D eigenvalue weighted by molar-refractivity contribution is 7.16. The van der Waals surface area contributed by atoms with Crippen molar-refractivity contribution in [2.24, 2.45) is 0 Å². The standard InChI is InChI=1S/C10H6N2OS2/c13-9-6-3-5-15-10(6)12-8(11-9)7-2-1-4-14-7/h1-5H,(H,11,12,13). The maximum absolute atomic E-state index is 11.7. The largest absolute Gasteiger partial charge is 0.305 e. The van der Waals surface area contributed by atoms with Crippen LogP contribution in [-0.2, 0) is 0 Å². The Labute approximate surface area is 93.1 Å². The molecule has 15 heavy (non-hydrogen) atoms. The van der Waals surface area contributed by atoms with Gasteiger partial charge in [0.1, 0.15) is 4.83 Å². The lowest BCUT2D eigenvalue weighted by atomic mass is 10.4. The molecular formula is C10H6N2OS2. The van der Waals surface area contributed by atoms with E-state index in [4.69, 9.17) is 0 Å². The highest BCUT2D eigenvalue weighted by Crippen LogP contribution is 2.22. The molecule has 3 aromatic heterocycles. The molecule has 0 atom stereocenters. The van der Waals surface area contributed by atoms with Gasteiger partial charge in [0.15, 0.2) is 5.82 Å². The minimum Gasteiger partial charge on any atom is -0.305 e. The molecule has 0 saturated carbocycles. The van der Waals surface area contributed by atoms with Gasteiger partial charge in [-0.3, -0.25) is 4.79 Å². The van der Waals surface area contributed by atoms with Crippen LogP contribution >= 0.6 is 22.7 Å². The number of fused-ring (bicyclic) bond motifs is 1. The summed E-state index contributed by atoms with van der Waals surface area (Å²) in [6.45, 7) is 0. The summed E-state index contributed by atoms with van der Waals surface area (Å²) in [6, 6.07) is 5.69. The van der Waals surface area contributed by atoms with Crippen molar-refractivity contribution in [2.45, 2.75) is 0 Å². The number of hydrogen-bond acceptors (Lipinski definition) is 4. The Morgan fingerprint density at radius 2 is 2.13 bits per heavy atom. The zero-order valence-corrected chi connectivity index (χ0v) is 9.19. The Bertz CT molecular complexity index is 651. The summed E-state index contributed by atoms with van der Waals surface area (Å²) in [7, 11) is 0. The van der Waals surface area contributed by atoms with E-state index >= 15 is 0 Å². The summed E-state index contributed by atoms with van der Waals surface area (Å²) in [4.78, 5) is 20.7. The molecule has 0 fully saturated rings. The Kier molecular flexibility index (Phi) is 1.93. The maximum Gasteiger partial charge on any atom is 0.259 e. The highest BCUT2D eigenvalue weighted by Gasteiger charge is 2.06. The fourth-order valence-corrected chi connectivity index (χ4v) is 2.83. The van der Waals surface area contributed by atoms with Crippen molar-refractivity contribution in [3.8, 4) is 10.7 Å². The molecule has 5 heteroatoms. The number of nitrogens with one attached hydrogen (secondary N) is 1. The summed E-state index contributed by atoms with van der Waals surface area (Å²) in [5.41, 5.74) is -0.0651. The lowest BCUT2D eigenvalue weighted by molar-refractivity contribution is 1.20. The summed E-state index contributed by atoms with van der Waals surface area (Å²) in [6.07, 6.45) is 0. The van der Waals surface area contributed by atoms with Crippen LogP contribution in [0.5, 0.6) is 0 Å². The van der Waals surface area contributed by atoms with Crippen molar-refractivity contribution < 1.29 is 0 Å². The predicted molar refractivity (Wildman–Crippen MR) is 63.6 cm³/mol. The zero-order valence-electron chi connectivity index (χ0n) is 7.56. The smallest absolute Gasteiger partial charge is 0.259 e. The van der Waals surface area contributed by atoms with E-state index in [1.54, 1.807) is 17.4 Å². The van der Waals surface area contributed by atoms with Gasteiger partial charge in [0, 0.05) is 0 Å². The van der Waals surface area contributed by atoms with Crippen LogP contribution in [-0.4, -0.2) is 9.97 Å². The van der Waals surface area contributed by atoms with E-state index < -0.39 is 0 Å². The van der Waals surface area contributed by atoms with Crippen molar-refractivity contribution in [3.05, 3.63) is 39.3 Å². The molecule has 74 valence electrons. The number of thiophene rings is 2. The molecule has 0 bridgehead atoms. The minimum atomic E-state index is -0.0651. The third-order valence-corrected chi connectivity index (χ3v) is 3.77. The molecule has 3 rings (SSSR count). The van der Waals surface area contributed by atoms with E-state index in [0.717, 1.165) is 9.71 Å². The van der Waals surface area contributed by atoms with E-state index in [2.05, 4.69) is 9.97 Å². The van der Waals surface area contributed by atoms with Crippen LogP contribution in [0.2, 0.25) is 0 Å². The van der Waals surface area contributed by atoms with E-state index in [1.807, 2.05) is 22.9 Å². The van der Waals surface area contributed by atoms with Crippen molar-refractivity contribution in [3.63, 3.8) is 0 Å². The minimum absolute atomic E-state index is 0.0651. The molecule has 0 saturated heterocycles. The summed E-state index contributed by atoms with van der Waals surface area (Å²) >= 11 is 3.05. The zero-order chi connectivity index (χ0) is 10.3. The van der Waals surface area contributed by atoms with Crippen LogP contribution < -0.4 is 5.56 Å². The van der Waals surface area contributed by atoms with Crippen LogP contribution in [0.3, 0.4) is 0 Å². The van der Waals surface area contributed by atoms with Gasteiger partial charge in [-0.25, -0.2) is 4.98 Å². The molecular weight excluding hydrogens is 228 g/mol. The molecule has 3 aromatic rings. The molecule has 1 N–H and O–H groups in total. The Morgan fingerprint density at radius 3 is 2.93 bits per heavy atom. The average molecular weight is 234 g/mol. The van der Waals surface area contributed by atoms with Gasteiger partial charge in [0.2, 0.25) is 0 Å². The van der Waals surface area contributed by atoms with Crippen LogP contribution in [0.1, 0.15) is 0 Å². The first-order chi connectivity index (χ1) is 7.34. The lowest BCUT2D eigenvalue weighted by Gasteiger charge is -1.96. The van der Waals surface area contributed by atoms with Crippen LogP contribution in [0.15, 0.2) is 33.8 Å². The van der Waals surface area contributed by atoms with E-state index in [1.165, 1.54) is 11.3 Å². The van der Waals surface area contributed by atoms with Crippen LogP contribution in [0.4, 0.5) is 0 Å². The fraction of sp³-hybridized carbons (Fsp3) is 0. The number of aromatic nitrogens is 2. The second kappa shape index (κ2) is 3.29. The highest BCUT2D eigenvalue weighted by atomic mass is 32.1. The van der Waals surface area contributed by atoms with Crippen molar-refractivity contribution in [2.75, 3.05) is 0 Å². The molecule has 0 unspecified atom stereocenters. The van der Waals surface area contributed by atoms with Crippen LogP contribution in [0, 0.1) is 0 Å². The third-order valence-electron chi connectivity index (χ3n) is 2.09. The van der Waals surface area contributed by atoms with Gasteiger partial charge in [0.05, 0.1) is 10.3 Å². The molecule has 0 spiro atoms. The summed E-state index contributed by atoms with van der Waals surface area (Å²) in [5, 5.41) is 4.51. The Morgan fingerprint density at radius 1 is 1.20 bits per heavy atom. The molecule has 3 heterocycles. The summed E-state index contributed by atoms with van der Waals surface area (Å²) in [5.74, 6) is 0.657. The molecule has 0 aromatic carbocycles. The fourth-order valence-electron chi connectivity index (χ4n) is 1.40. The van der Waals surface area contributed by atoms with Crippen molar-refractivity contribution in [1.29, 1.82) is 0 Å². The monoisotopic (exact) mass is 234 g/mol. The lowest BCUT2D eigenvalue weighted by Crippen LogP contribution is -2.07. The molecule has 0 radical (unpaired) electrons. The number of H-pyrrole nitrogens is 1. The van der Waals surface area contributed by atoms with E-state index in [0.29, 0.717) is 11.2 Å². The van der Waals surface area contributed by atoms with Crippen molar-refractivity contribution >= 4 is 32.9 Å². The first-order valence-electron chi connectivity index (χ1n) is 4.36. The second-order valence-corrected chi connectivity index (χ2v) is 4.87. The first kappa shape index (κ1) is 8.82. The topological polar surface area (TPSA) is 45.8 Å². The van der Waals surface area contributed by atoms with Gasteiger partial charge in [-0.1, -0.05) is 6.07 Å². The van der Waals surface area contributed by atoms with Gasteiger partial charge < -0.3 is 4.98 Å². The van der Waals surface area contributed by atoms with Gasteiger partial charge in [-0.2, -0.15) is 0 Å². The number of rotatable bonds is 1. The molecule has 0 amide bonds. The SMILES string of the molecule is O=c1[nH]c(-c2cccs2)nc2sccc12. The quantitative estimate of drug-likeness (QED) is 0.703. The Balaban J connectivity index is 2.34. The molecule has 0 aliphatic carbocycles. The second-order valence-electron chi connectivity index (χ2n) is 3.03. The van der Waals surface area contributed by atoms with Gasteiger partial charge in [-0.05, 0) is 22.9 Å². The third kappa shape index (κ3) is 1.40. The average Bonchev–Trinajstić information content (AvgIpc) is 2.88. The molecule has 3 nitrogen and oxygen atoms in total. The maximum atomic E-state index is 11.7. The normalized spacial score (nSPS) is 10.9. The predicted octanol–water partition coefficient (Wildman–Crippen LogP) is 2.71. The van der Waals surface area contributed by atoms with E-state index in [-0.39, 0.29) is 5.56 Å². The molecule has 0 aliphatic heterocycles. The number of hydrogen-bond donors (Lipinski definition) is 1. The van der Waals surface area contributed by atoms with E-state index in [9.17, 15) is 4.79 Å². The van der Waals surface area contributed by atoms with Crippen molar-refractivity contribution in [1.82, 2.24) is 9.97 Å². The van der Waals surface area contributed by atoms with Gasteiger partial charge >= 0.3 is 0 Å². The van der Waals surface area contributed by atoms with Gasteiger partial charge in [0.25, 0.3) is 5.56 Å².